The van der Waals surface area contributed by atoms with Crippen molar-refractivity contribution in [1.82, 2.24) is 19.8 Å². The molecule has 2 aromatic rings. The second-order valence-corrected chi connectivity index (χ2v) is 7.29. The Balaban J connectivity index is 1.26. The molecular formula is C20H26N4O2. The molecule has 0 aliphatic carbocycles. The van der Waals surface area contributed by atoms with Crippen LogP contribution in [-0.2, 0) is 4.74 Å². The van der Waals surface area contributed by atoms with E-state index in [1.54, 1.807) is 12.5 Å². The number of hydrogen-bond donors (Lipinski definition) is 1. The van der Waals surface area contributed by atoms with Crippen LogP contribution in [0.1, 0.15) is 29.6 Å². The van der Waals surface area contributed by atoms with Gasteiger partial charge >= 0.3 is 0 Å². The zero-order chi connectivity index (χ0) is 17.8. The summed E-state index contributed by atoms with van der Waals surface area (Å²) in [5, 5.41) is 3.19. The summed E-state index contributed by atoms with van der Waals surface area (Å²) in [6.45, 7) is 5.07. The van der Waals surface area contributed by atoms with Gasteiger partial charge in [0.1, 0.15) is 0 Å². The zero-order valence-electron chi connectivity index (χ0n) is 15.0. The lowest BCUT2D eigenvalue weighted by Gasteiger charge is -2.33. The highest BCUT2D eigenvalue weighted by molar-refractivity contribution is 5.94. The average Bonchev–Trinajstić information content (AvgIpc) is 3.37. The van der Waals surface area contributed by atoms with Crippen LogP contribution < -0.4 is 5.32 Å². The smallest absolute Gasteiger partial charge is 0.251 e. The van der Waals surface area contributed by atoms with Gasteiger partial charge < -0.3 is 19.5 Å². The number of aromatic nitrogens is 2. The summed E-state index contributed by atoms with van der Waals surface area (Å²) < 4.78 is 7.39. The van der Waals surface area contributed by atoms with Crippen molar-refractivity contribution in [3.05, 3.63) is 48.5 Å². The van der Waals surface area contributed by atoms with E-state index in [0.29, 0.717) is 11.5 Å². The van der Waals surface area contributed by atoms with E-state index in [0.717, 1.165) is 51.4 Å². The van der Waals surface area contributed by atoms with Gasteiger partial charge in [0.05, 0.1) is 12.9 Å². The fourth-order valence-electron chi connectivity index (χ4n) is 3.82. The lowest BCUT2D eigenvalue weighted by atomic mass is 10.0. The first-order valence-corrected chi connectivity index (χ1v) is 9.47. The molecule has 1 aromatic heterocycles. The Bertz CT molecular complexity index is 700. The van der Waals surface area contributed by atoms with E-state index in [1.165, 1.54) is 6.42 Å². The molecule has 0 spiro atoms. The van der Waals surface area contributed by atoms with E-state index in [2.05, 4.69) is 15.2 Å². The summed E-state index contributed by atoms with van der Waals surface area (Å²) >= 11 is 0. The number of hydrogen-bond acceptors (Lipinski definition) is 4. The Hall–Kier alpha value is -2.18. The fourth-order valence-corrected chi connectivity index (χ4v) is 3.82. The Morgan fingerprint density at radius 1 is 1.19 bits per heavy atom. The van der Waals surface area contributed by atoms with Gasteiger partial charge in [-0.25, -0.2) is 4.98 Å². The molecule has 0 bridgehead atoms. The maximum absolute atomic E-state index is 12.5. The van der Waals surface area contributed by atoms with E-state index in [4.69, 9.17) is 4.74 Å². The summed E-state index contributed by atoms with van der Waals surface area (Å²) in [4.78, 5) is 19.1. The van der Waals surface area contributed by atoms with Crippen LogP contribution in [0.3, 0.4) is 0 Å². The van der Waals surface area contributed by atoms with Crippen molar-refractivity contribution in [2.45, 2.75) is 25.3 Å². The van der Waals surface area contributed by atoms with Crippen LogP contribution in [-0.4, -0.2) is 59.2 Å². The van der Waals surface area contributed by atoms with Gasteiger partial charge in [0.2, 0.25) is 0 Å². The molecule has 1 unspecified atom stereocenters. The van der Waals surface area contributed by atoms with Crippen LogP contribution in [0.2, 0.25) is 0 Å². The molecule has 6 nitrogen and oxygen atoms in total. The summed E-state index contributed by atoms with van der Waals surface area (Å²) in [6, 6.07) is 7.91. The van der Waals surface area contributed by atoms with Crippen LogP contribution in [0.5, 0.6) is 0 Å². The maximum Gasteiger partial charge on any atom is 0.251 e. The zero-order valence-corrected chi connectivity index (χ0v) is 15.0. The molecule has 26 heavy (non-hydrogen) atoms. The van der Waals surface area contributed by atoms with Crippen molar-refractivity contribution in [2.75, 3.05) is 32.8 Å². The number of piperidine rings is 1. The maximum atomic E-state index is 12.5. The number of nitrogens with one attached hydrogen (secondary N) is 1. The van der Waals surface area contributed by atoms with E-state index in [1.807, 2.05) is 35.0 Å². The minimum absolute atomic E-state index is 0.0184. The minimum Gasteiger partial charge on any atom is -0.381 e. The van der Waals surface area contributed by atoms with Gasteiger partial charge in [-0.05, 0) is 49.4 Å². The largest absolute Gasteiger partial charge is 0.381 e. The van der Waals surface area contributed by atoms with Crippen LogP contribution >= 0.6 is 0 Å². The number of carbonyl (C=O) groups excluding carboxylic acids is 1. The minimum atomic E-state index is 0.0184. The first kappa shape index (κ1) is 17.2. The van der Waals surface area contributed by atoms with Crippen LogP contribution in [0.25, 0.3) is 5.69 Å². The number of likely N-dealkylation sites (tertiary alicyclic amines) is 1. The molecule has 0 saturated carbocycles. The molecule has 1 aromatic carbocycles. The molecule has 2 aliphatic heterocycles. The molecular weight excluding hydrogens is 328 g/mol. The van der Waals surface area contributed by atoms with Gasteiger partial charge in [0, 0.05) is 55.9 Å². The second-order valence-electron chi connectivity index (χ2n) is 7.29. The SMILES string of the molecule is O=C(NC1CCN(CC2CCOC2)CC1)c1ccc(-n2ccnc2)cc1. The van der Waals surface area contributed by atoms with Gasteiger partial charge in [0.15, 0.2) is 0 Å². The van der Waals surface area contributed by atoms with E-state index in [9.17, 15) is 4.79 Å². The highest BCUT2D eigenvalue weighted by atomic mass is 16.5. The Labute approximate surface area is 154 Å². The summed E-state index contributed by atoms with van der Waals surface area (Å²) in [5.74, 6) is 0.708. The molecule has 2 fully saturated rings. The molecule has 4 rings (SSSR count). The van der Waals surface area contributed by atoms with E-state index < -0.39 is 0 Å². The van der Waals surface area contributed by atoms with E-state index >= 15 is 0 Å². The van der Waals surface area contributed by atoms with Crippen LogP contribution in [0.15, 0.2) is 43.0 Å². The molecule has 0 radical (unpaired) electrons. The molecule has 138 valence electrons. The third-order valence-electron chi connectivity index (χ3n) is 5.40. The number of carbonyl (C=O) groups is 1. The van der Waals surface area contributed by atoms with Gasteiger partial charge in [-0.15, -0.1) is 0 Å². The molecule has 1 atom stereocenters. The summed E-state index contributed by atoms with van der Waals surface area (Å²) in [7, 11) is 0. The monoisotopic (exact) mass is 354 g/mol. The fraction of sp³-hybridized carbons (Fsp3) is 0.500. The number of benzene rings is 1. The molecule has 3 heterocycles. The first-order valence-electron chi connectivity index (χ1n) is 9.47. The predicted octanol–water partition coefficient (Wildman–Crippen LogP) is 2.10. The topological polar surface area (TPSA) is 59.4 Å². The van der Waals surface area contributed by atoms with Crippen LogP contribution in [0, 0.1) is 5.92 Å². The summed E-state index contributed by atoms with van der Waals surface area (Å²) in [6.07, 6.45) is 8.61. The number of amides is 1. The average molecular weight is 354 g/mol. The van der Waals surface area contributed by atoms with E-state index in [-0.39, 0.29) is 11.9 Å². The number of imidazole rings is 1. The van der Waals surface area contributed by atoms with Crippen molar-refractivity contribution >= 4 is 5.91 Å². The first-order chi connectivity index (χ1) is 12.8. The predicted molar refractivity (Wildman–Crippen MR) is 99.4 cm³/mol. The quantitative estimate of drug-likeness (QED) is 0.893. The highest BCUT2D eigenvalue weighted by Crippen LogP contribution is 2.18. The number of nitrogens with zero attached hydrogens (tertiary/aromatic N) is 3. The van der Waals surface area contributed by atoms with Gasteiger partial charge in [-0.2, -0.15) is 0 Å². The van der Waals surface area contributed by atoms with Crippen molar-refractivity contribution in [1.29, 1.82) is 0 Å². The standard InChI is InChI=1S/C20H26N4O2/c25-20(17-1-3-19(4-2-17)24-11-8-21-15-24)22-18-5-9-23(10-6-18)13-16-7-12-26-14-16/h1-4,8,11,15-16,18H,5-7,9-10,12-14H2,(H,22,25). The molecule has 1 amide bonds. The van der Waals surface area contributed by atoms with Crippen LogP contribution in [0.4, 0.5) is 0 Å². The second kappa shape index (κ2) is 8.01. The van der Waals surface area contributed by atoms with Crippen molar-refractivity contribution in [3.8, 4) is 5.69 Å². The molecule has 2 saturated heterocycles. The molecule has 6 heteroatoms. The lowest BCUT2D eigenvalue weighted by molar-refractivity contribution is 0.0903. The van der Waals surface area contributed by atoms with Crippen molar-refractivity contribution in [2.24, 2.45) is 5.92 Å². The van der Waals surface area contributed by atoms with Gasteiger partial charge in [0.25, 0.3) is 5.91 Å². The van der Waals surface area contributed by atoms with Gasteiger partial charge in [-0.3, -0.25) is 4.79 Å². The van der Waals surface area contributed by atoms with Gasteiger partial charge in [-0.1, -0.05) is 0 Å². The Morgan fingerprint density at radius 2 is 2.00 bits per heavy atom. The lowest BCUT2D eigenvalue weighted by Crippen LogP contribution is -2.45. The number of ether oxygens (including phenoxy) is 1. The normalized spacial score (nSPS) is 21.8. The summed E-state index contributed by atoms with van der Waals surface area (Å²) in [5.41, 5.74) is 1.71. The Kier molecular flexibility index (Phi) is 5.32. The molecule has 2 aliphatic rings. The Morgan fingerprint density at radius 3 is 2.65 bits per heavy atom. The third-order valence-corrected chi connectivity index (χ3v) is 5.40. The molecule has 1 N–H and O–H groups in total. The third kappa shape index (κ3) is 4.14. The van der Waals surface area contributed by atoms with Crippen molar-refractivity contribution in [3.63, 3.8) is 0 Å². The highest BCUT2D eigenvalue weighted by Gasteiger charge is 2.24. The van der Waals surface area contributed by atoms with Crippen molar-refractivity contribution < 1.29 is 9.53 Å². The number of rotatable bonds is 5.